The number of hydrogen-bond donors (Lipinski definition) is 2. The summed E-state index contributed by atoms with van der Waals surface area (Å²) < 4.78 is 5.84. The van der Waals surface area contributed by atoms with E-state index in [0.29, 0.717) is 22.9 Å². The molecule has 2 aromatic carbocycles. The van der Waals surface area contributed by atoms with Crippen LogP contribution >= 0.6 is 11.3 Å². The van der Waals surface area contributed by atoms with E-state index in [1.807, 2.05) is 54.6 Å². The molecule has 1 aliphatic rings. The summed E-state index contributed by atoms with van der Waals surface area (Å²) in [6.45, 7) is 4.79. The number of hydrogen-bond acceptors (Lipinski definition) is 6. The number of aromatic nitrogens is 1. The van der Waals surface area contributed by atoms with Crippen molar-refractivity contribution in [1.29, 1.82) is 0 Å². The third kappa shape index (κ3) is 4.81. The minimum absolute atomic E-state index is 0.111. The summed E-state index contributed by atoms with van der Waals surface area (Å²) in [6, 6.07) is 17.1. The summed E-state index contributed by atoms with van der Waals surface area (Å²) in [5.74, 6) is 0.725. The maximum Gasteiger partial charge on any atom is 0.261 e. The van der Waals surface area contributed by atoms with E-state index in [1.54, 1.807) is 0 Å². The molecule has 4 rings (SSSR count). The number of thiazole rings is 1. The first-order valence-electron chi connectivity index (χ1n) is 10.4. The molecule has 8 heteroatoms. The van der Waals surface area contributed by atoms with Crippen LogP contribution in [-0.2, 0) is 4.79 Å². The number of primary amides is 1. The predicted molar refractivity (Wildman–Crippen MR) is 126 cm³/mol. The molecule has 1 aliphatic heterocycles. The Morgan fingerprint density at radius 1 is 1.19 bits per heavy atom. The molecule has 0 radical (unpaired) electrons. The first-order valence-corrected chi connectivity index (χ1v) is 11.2. The average Bonchev–Trinajstić information content (AvgIpc) is 3.46. The lowest BCUT2D eigenvalue weighted by Crippen LogP contribution is -2.39. The zero-order valence-corrected chi connectivity index (χ0v) is 18.3. The predicted octanol–water partition coefficient (Wildman–Crippen LogP) is 3.97. The van der Waals surface area contributed by atoms with Crippen LogP contribution in [0.5, 0.6) is 11.5 Å². The van der Waals surface area contributed by atoms with E-state index in [4.69, 9.17) is 15.5 Å². The van der Waals surface area contributed by atoms with Gasteiger partial charge in [0.2, 0.25) is 5.91 Å². The van der Waals surface area contributed by atoms with Crippen LogP contribution < -0.4 is 20.7 Å². The number of carbonyl (C=O) groups is 2. The normalized spacial score (nSPS) is 15.4. The summed E-state index contributed by atoms with van der Waals surface area (Å²) in [7, 11) is 0. The molecule has 0 bridgehead atoms. The Labute approximate surface area is 190 Å². The number of carbonyl (C=O) groups excluding carboxylic acids is 2. The summed E-state index contributed by atoms with van der Waals surface area (Å²) in [5.41, 5.74) is 7.02. The minimum atomic E-state index is -0.510. The molecule has 2 heterocycles. The number of rotatable bonds is 8. The molecule has 0 saturated carbocycles. The van der Waals surface area contributed by atoms with Crippen molar-refractivity contribution in [3.8, 4) is 22.8 Å². The summed E-state index contributed by atoms with van der Waals surface area (Å²) >= 11 is 1.29. The SMILES string of the molecule is C=CC(=O)NC[C@H]1CCCN1c1nc(-c2ccc(Oc3ccccc3)cc2)c(C(N)=O)s1. The maximum absolute atomic E-state index is 12.1. The van der Waals surface area contributed by atoms with Crippen LogP contribution in [0.25, 0.3) is 11.3 Å². The summed E-state index contributed by atoms with van der Waals surface area (Å²) in [6.07, 6.45) is 3.18. The molecule has 164 valence electrons. The lowest BCUT2D eigenvalue weighted by Gasteiger charge is -2.24. The smallest absolute Gasteiger partial charge is 0.261 e. The molecular formula is C24H24N4O3S. The molecule has 1 fully saturated rings. The third-order valence-corrected chi connectivity index (χ3v) is 6.37. The zero-order chi connectivity index (χ0) is 22.5. The van der Waals surface area contributed by atoms with Gasteiger partial charge in [-0.3, -0.25) is 9.59 Å². The second-order valence-corrected chi connectivity index (χ2v) is 8.39. The fourth-order valence-electron chi connectivity index (χ4n) is 3.69. The quantitative estimate of drug-likeness (QED) is 0.508. The van der Waals surface area contributed by atoms with Gasteiger partial charge in [0.05, 0.1) is 5.69 Å². The van der Waals surface area contributed by atoms with Crippen molar-refractivity contribution in [3.63, 3.8) is 0 Å². The van der Waals surface area contributed by atoms with Gasteiger partial charge in [0.1, 0.15) is 16.4 Å². The van der Waals surface area contributed by atoms with Crippen LogP contribution in [-0.4, -0.2) is 35.9 Å². The van der Waals surface area contributed by atoms with Crippen LogP contribution in [0, 0.1) is 0 Å². The molecule has 1 atom stereocenters. The molecule has 0 aliphatic carbocycles. The monoisotopic (exact) mass is 448 g/mol. The van der Waals surface area contributed by atoms with Crippen molar-refractivity contribution in [2.24, 2.45) is 5.73 Å². The average molecular weight is 449 g/mol. The van der Waals surface area contributed by atoms with E-state index < -0.39 is 5.91 Å². The molecule has 2 amide bonds. The van der Waals surface area contributed by atoms with Gasteiger partial charge in [-0.15, -0.1) is 0 Å². The van der Waals surface area contributed by atoms with E-state index in [0.717, 1.165) is 35.8 Å². The standard InChI is InChI=1S/C24H24N4O3S/c1-2-20(29)26-15-17-7-6-14-28(17)24-27-21(22(32-24)23(25)30)16-10-12-19(13-11-16)31-18-8-4-3-5-9-18/h2-5,8-13,17H,1,6-7,14-15H2,(H2,25,30)(H,26,29)/t17-/m1/s1. The van der Waals surface area contributed by atoms with Crippen LogP contribution in [0.1, 0.15) is 22.5 Å². The molecule has 1 aromatic heterocycles. The topological polar surface area (TPSA) is 97.6 Å². The highest BCUT2D eigenvalue weighted by Gasteiger charge is 2.29. The second-order valence-electron chi connectivity index (χ2n) is 7.42. The van der Waals surface area contributed by atoms with Crippen molar-refractivity contribution in [3.05, 3.63) is 72.1 Å². The molecular weight excluding hydrogens is 424 g/mol. The number of nitrogens with one attached hydrogen (secondary N) is 1. The lowest BCUT2D eigenvalue weighted by atomic mass is 10.1. The number of nitrogens with two attached hydrogens (primary N) is 1. The molecule has 3 N–H and O–H groups in total. The maximum atomic E-state index is 12.1. The fourth-order valence-corrected chi connectivity index (χ4v) is 4.73. The summed E-state index contributed by atoms with van der Waals surface area (Å²) in [4.78, 5) is 31.0. The number of ether oxygens (including phenoxy) is 1. The van der Waals surface area contributed by atoms with Crippen molar-refractivity contribution in [2.75, 3.05) is 18.0 Å². The van der Waals surface area contributed by atoms with E-state index >= 15 is 0 Å². The Balaban J connectivity index is 1.56. The van der Waals surface area contributed by atoms with E-state index in [-0.39, 0.29) is 11.9 Å². The van der Waals surface area contributed by atoms with Gasteiger partial charge in [-0.2, -0.15) is 0 Å². The first kappa shape index (κ1) is 21.6. The van der Waals surface area contributed by atoms with Crippen molar-refractivity contribution < 1.29 is 14.3 Å². The van der Waals surface area contributed by atoms with Crippen LogP contribution in [0.2, 0.25) is 0 Å². The van der Waals surface area contributed by atoms with Gasteiger partial charge in [-0.1, -0.05) is 36.1 Å². The van der Waals surface area contributed by atoms with Gasteiger partial charge in [-0.25, -0.2) is 4.98 Å². The van der Waals surface area contributed by atoms with Crippen LogP contribution in [0.15, 0.2) is 67.3 Å². The van der Waals surface area contributed by atoms with E-state index in [1.165, 1.54) is 17.4 Å². The van der Waals surface area contributed by atoms with Crippen molar-refractivity contribution in [1.82, 2.24) is 10.3 Å². The largest absolute Gasteiger partial charge is 0.457 e. The Morgan fingerprint density at radius 2 is 1.91 bits per heavy atom. The number of nitrogens with zero attached hydrogens (tertiary/aromatic N) is 2. The van der Waals surface area contributed by atoms with Gasteiger partial charge in [0.15, 0.2) is 5.13 Å². The van der Waals surface area contributed by atoms with Crippen LogP contribution in [0.4, 0.5) is 5.13 Å². The van der Waals surface area contributed by atoms with Crippen molar-refractivity contribution in [2.45, 2.75) is 18.9 Å². The van der Waals surface area contributed by atoms with Gasteiger partial charge < -0.3 is 20.7 Å². The zero-order valence-electron chi connectivity index (χ0n) is 17.5. The van der Waals surface area contributed by atoms with Crippen molar-refractivity contribution >= 4 is 28.3 Å². The van der Waals surface area contributed by atoms with Gasteiger partial charge in [0.25, 0.3) is 5.91 Å². The Morgan fingerprint density at radius 3 is 2.59 bits per heavy atom. The highest BCUT2D eigenvalue weighted by atomic mass is 32.1. The van der Waals surface area contributed by atoms with Gasteiger partial charge in [0, 0.05) is 24.7 Å². The summed E-state index contributed by atoms with van der Waals surface area (Å²) in [5, 5.41) is 3.58. The lowest BCUT2D eigenvalue weighted by molar-refractivity contribution is -0.116. The Bertz CT molecular complexity index is 1110. The minimum Gasteiger partial charge on any atom is -0.457 e. The molecule has 0 unspecified atom stereocenters. The highest BCUT2D eigenvalue weighted by molar-refractivity contribution is 7.18. The number of anilines is 1. The second kappa shape index (κ2) is 9.65. The molecule has 3 aromatic rings. The number of benzene rings is 2. The Hall–Kier alpha value is -3.65. The number of amides is 2. The molecule has 0 spiro atoms. The third-order valence-electron chi connectivity index (χ3n) is 5.27. The molecule has 32 heavy (non-hydrogen) atoms. The molecule has 7 nitrogen and oxygen atoms in total. The first-order chi connectivity index (χ1) is 15.5. The Kier molecular flexibility index (Phi) is 6.51. The van der Waals surface area contributed by atoms with E-state index in [9.17, 15) is 9.59 Å². The van der Waals surface area contributed by atoms with Gasteiger partial charge >= 0.3 is 0 Å². The molecule has 1 saturated heterocycles. The highest BCUT2D eigenvalue weighted by Crippen LogP contribution is 2.36. The van der Waals surface area contributed by atoms with Crippen LogP contribution in [0.3, 0.4) is 0 Å². The number of para-hydroxylation sites is 1. The fraction of sp³-hybridized carbons (Fsp3) is 0.208. The van der Waals surface area contributed by atoms with E-state index in [2.05, 4.69) is 16.8 Å². The van der Waals surface area contributed by atoms with Gasteiger partial charge in [-0.05, 0) is 55.3 Å².